The number of hydrogen-bond donors (Lipinski definition) is 2. The molecule has 0 saturated heterocycles. The molecule has 1 aromatic rings. The molecule has 0 aliphatic rings. The number of methoxy groups -OCH3 is 1. The van der Waals surface area contributed by atoms with Gasteiger partial charge >= 0.3 is 5.97 Å². The number of nitrogens with one attached hydrogen (secondary N) is 2. The zero-order valence-electron chi connectivity index (χ0n) is 11.1. The molecule has 0 aliphatic carbocycles. The maximum atomic E-state index is 13.0. The summed E-state index contributed by atoms with van der Waals surface area (Å²) in [6.45, 7) is 1.29. The number of ether oxygens (including phenoxy) is 1. The molecular weight excluding hydrogens is 265 g/mol. The molecule has 0 spiro atoms. The van der Waals surface area contributed by atoms with Crippen LogP contribution >= 0.6 is 0 Å². The van der Waals surface area contributed by atoms with Gasteiger partial charge in [-0.05, 0) is 18.2 Å². The lowest BCUT2D eigenvalue weighted by atomic mass is 10.2. The first kappa shape index (κ1) is 15.4. The zero-order valence-corrected chi connectivity index (χ0v) is 11.1. The highest BCUT2D eigenvalue weighted by Gasteiger charge is 2.20. The van der Waals surface area contributed by atoms with Crippen LogP contribution in [0.15, 0.2) is 18.2 Å². The van der Waals surface area contributed by atoms with Gasteiger partial charge in [0, 0.05) is 13.5 Å². The van der Waals surface area contributed by atoms with Crippen molar-refractivity contribution in [1.82, 2.24) is 5.32 Å². The fraction of sp³-hybridized carbons (Fsp3) is 0.308. The largest absolute Gasteiger partial charge is 0.467 e. The summed E-state index contributed by atoms with van der Waals surface area (Å²) < 4.78 is 17.5. The van der Waals surface area contributed by atoms with E-state index in [2.05, 4.69) is 15.4 Å². The molecule has 0 heterocycles. The number of anilines is 1. The monoisotopic (exact) mass is 279 g/mol. The summed E-state index contributed by atoms with van der Waals surface area (Å²) in [7, 11) is 1.20. The SMILES string of the molecule is COC(=O)C(CNc1ccc(F)cc1C#N)NC(C)=O. The number of nitriles is 1. The van der Waals surface area contributed by atoms with Gasteiger partial charge in [-0.15, -0.1) is 0 Å². The smallest absolute Gasteiger partial charge is 0.330 e. The molecule has 1 atom stereocenters. The highest BCUT2D eigenvalue weighted by atomic mass is 19.1. The van der Waals surface area contributed by atoms with E-state index in [-0.39, 0.29) is 18.0 Å². The Bertz CT molecular complexity index is 554. The van der Waals surface area contributed by atoms with Gasteiger partial charge in [0.25, 0.3) is 0 Å². The molecule has 20 heavy (non-hydrogen) atoms. The summed E-state index contributed by atoms with van der Waals surface area (Å²) in [6, 6.07) is 4.60. The van der Waals surface area contributed by atoms with Crippen LogP contribution in [0, 0.1) is 17.1 Å². The predicted molar refractivity (Wildman–Crippen MR) is 69.2 cm³/mol. The van der Waals surface area contributed by atoms with Crippen molar-refractivity contribution in [3.8, 4) is 6.07 Å². The van der Waals surface area contributed by atoms with Gasteiger partial charge in [-0.3, -0.25) is 4.79 Å². The molecule has 7 heteroatoms. The Hall–Kier alpha value is -2.62. The minimum atomic E-state index is -0.894. The molecule has 1 aromatic carbocycles. The Balaban J connectivity index is 2.80. The van der Waals surface area contributed by atoms with Gasteiger partial charge < -0.3 is 15.4 Å². The molecule has 106 valence electrons. The third-order valence-corrected chi connectivity index (χ3v) is 2.46. The van der Waals surface area contributed by atoms with Gasteiger partial charge in [0.05, 0.1) is 18.4 Å². The van der Waals surface area contributed by atoms with Gasteiger partial charge in [0.15, 0.2) is 0 Å². The average molecular weight is 279 g/mol. The van der Waals surface area contributed by atoms with Gasteiger partial charge in [0.1, 0.15) is 17.9 Å². The summed E-state index contributed by atoms with van der Waals surface area (Å²) >= 11 is 0. The highest BCUT2D eigenvalue weighted by molar-refractivity contribution is 5.83. The van der Waals surface area contributed by atoms with Crippen LogP contribution in [0.4, 0.5) is 10.1 Å². The van der Waals surface area contributed by atoms with Crippen molar-refractivity contribution >= 4 is 17.6 Å². The van der Waals surface area contributed by atoms with Gasteiger partial charge in [-0.25, -0.2) is 9.18 Å². The number of hydrogen-bond acceptors (Lipinski definition) is 5. The van der Waals surface area contributed by atoms with E-state index >= 15 is 0 Å². The highest BCUT2D eigenvalue weighted by Crippen LogP contribution is 2.15. The Morgan fingerprint density at radius 2 is 2.20 bits per heavy atom. The number of carbonyl (C=O) groups excluding carboxylic acids is 2. The molecule has 1 unspecified atom stereocenters. The molecule has 1 rings (SSSR count). The molecule has 2 N–H and O–H groups in total. The van der Waals surface area contributed by atoms with E-state index in [1.54, 1.807) is 0 Å². The lowest BCUT2D eigenvalue weighted by molar-refractivity contribution is -0.144. The second-order valence-electron chi connectivity index (χ2n) is 3.96. The van der Waals surface area contributed by atoms with Crippen LogP contribution < -0.4 is 10.6 Å². The Morgan fingerprint density at radius 3 is 2.75 bits per heavy atom. The average Bonchev–Trinajstić information content (AvgIpc) is 2.42. The van der Waals surface area contributed by atoms with E-state index < -0.39 is 17.8 Å². The number of rotatable bonds is 5. The molecule has 0 radical (unpaired) electrons. The van der Waals surface area contributed by atoms with Crippen LogP contribution in [-0.2, 0) is 14.3 Å². The summed E-state index contributed by atoms with van der Waals surface area (Å²) in [5.41, 5.74) is 0.476. The standard InChI is InChI=1S/C13H14FN3O3/c1-8(18)17-12(13(19)20-2)7-16-11-4-3-10(14)5-9(11)6-15/h3-5,12,16H,7H2,1-2H3,(H,17,18). The summed E-state index contributed by atoms with van der Waals surface area (Å²) in [6.07, 6.45) is 0. The fourth-order valence-corrected chi connectivity index (χ4v) is 1.56. The molecule has 0 saturated carbocycles. The minimum Gasteiger partial charge on any atom is -0.467 e. The first-order valence-electron chi connectivity index (χ1n) is 5.76. The number of esters is 1. The van der Waals surface area contributed by atoms with Crippen molar-refractivity contribution in [2.45, 2.75) is 13.0 Å². The van der Waals surface area contributed by atoms with Crippen molar-refractivity contribution in [3.63, 3.8) is 0 Å². The van der Waals surface area contributed by atoms with Crippen LogP contribution in [0.5, 0.6) is 0 Å². The van der Waals surface area contributed by atoms with Crippen LogP contribution in [0.2, 0.25) is 0 Å². The van der Waals surface area contributed by atoms with E-state index in [0.29, 0.717) is 5.69 Å². The molecule has 0 fully saturated rings. The van der Waals surface area contributed by atoms with Crippen molar-refractivity contribution in [1.29, 1.82) is 5.26 Å². The summed E-state index contributed by atoms with van der Waals surface area (Å²) in [4.78, 5) is 22.5. The van der Waals surface area contributed by atoms with Gasteiger partial charge in [0.2, 0.25) is 5.91 Å². The van der Waals surface area contributed by atoms with Crippen molar-refractivity contribution < 1.29 is 18.7 Å². The van der Waals surface area contributed by atoms with E-state index in [9.17, 15) is 14.0 Å². The van der Waals surface area contributed by atoms with Crippen LogP contribution in [0.25, 0.3) is 0 Å². The van der Waals surface area contributed by atoms with E-state index in [4.69, 9.17) is 5.26 Å². The van der Waals surface area contributed by atoms with Crippen LogP contribution in [-0.4, -0.2) is 31.6 Å². The Kier molecular flexibility index (Phi) is 5.47. The number of halogens is 1. The molecule has 6 nitrogen and oxygen atoms in total. The number of amides is 1. The lowest BCUT2D eigenvalue weighted by Crippen LogP contribution is -2.45. The number of nitrogens with zero attached hydrogens (tertiary/aromatic N) is 1. The zero-order chi connectivity index (χ0) is 15.1. The molecule has 0 aliphatic heterocycles. The van der Waals surface area contributed by atoms with E-state index in [1.807, 2.05) is 6.07 Å². The predicted octanol–water partition coefficient (Wildman–Crippen LogP) is 0.787. The first-order chi connectivity index (χ1) is 9.47. The summed E-state index contributed by atoms with van der Waals surface area (Å²) in [5.74, 6) is -1.53. The summed E-state index contributed by atoms with van der Waals surface area (Å²) in [5, 5.41) is 14.1. The van der Waals surface area contributed by atoms with Gasteiger partial charge in [-0.1, -0.05) is 0 Å². The third-order valence-electron chi connectivity index (χ3n) is 2.46. The Labute approximate surface area is 115 Å². The maximum Gasteiger partial charge on any atom is 0.330 e. The fourth-order valence-electron chi connectivity index (χ4n) is 1.56. The molecular formula is C13H14FN3O3. The van der Waals surface area contributed by atoms with Crippen molar-refractivity contribution in [2.24, 2.45) is 0 Å². The second kappa shape index (κ2) is 7.09. The second-order valence-corrected chi connectivity index (χ2v) is 3.96. The van der Waals surface area contributed by atoms with Crippen molar-refractivity contribution in [3.05, 3.63) is 29.6 Å². The molecule has 0 aromatic heterocycles. The quantitative estimate of drug-likeness (QED) is 0.777. The third kappa shape index (κ3) is 4.24. The first-order valence-corrected chi connectivity index (χ1v) is 5.76. The van der Waals surface area contributed by atoms with Crippen molar-refractivity contribution in [2.75, 3.05) is 19.0 Å². The van der Waals surface area contributed by atoms with Crippen LogP contribution in [0.3, 0.4) is 0 Å². The molecule has 0 bridgehead atoms. The van der Waals surface area contributed by atoms with E-state index in [0.717, 1.165) is 6.07 Å². The Morgan fingerprint density at radius 1 is 1.50 bits per heavy atom. The number of carbonyl (C=O) groups is 2. The normalized spacial score (nSPS) is 11.1. The van der Waals surface area contributed by atoms with E-state index in [1.165, 1.54) is 26.2 Å². The number of benzene rings is 1. The topological polar surface area (TPSA) is 91.2 Å². The van der Waals surface area contributed by atoms with Crippen LogP contribution in [0.1, 0.15) is 12.5 Å². The minimum absolute atomic E-state index is 0.0204. The van der Waals surface area contributed by atoms with Gasteiger partial charge in [-0.2, -0.15) is 5.26 Å². The maximum absolute atomic E-state index is 13.0. The lowest BCUT2D eigenvalue weighted by Gasteiger charge is -2.17. The molecule has 1 amide bonds.